The van der Waals surface area contributed by atoms with E-state index in [-0.39, 0.29) is 13.2 Å². The van der Waals surface area contributed by atoms with Crippen molar-refractivity contribution in [2.75, 3.05) is 0 Å². The molecule has 0 saturated heterocycles. The lowest BCUT2D eigenvalue weighted by atomic mass is 9.93. The average molecular weight is 288 g/mol. The molecule has 22 heavy (non-hydrogen) atoms. The van der Waals surface area contributed by atoms with Crippen LogP contribution >= 0.6 is 0 Å². The summed E-state index contributed by atoms with van der Waals surface area (Å²) in [6.45, 7) is -0.117. The van der Waals surface area contributed by atoms with E-state index in [9.17, 15) is 10.2 Å². The van der Waals surface area contributed by atoms with Gasteiger partial charge < -0.3 is 10.2 Å². The lowest BCUT2D eigenvalue weighted by Crippen LogP contribution is -1.95. The van der Waals surface area contributed by atoms with Crippen molar-refractivity contribution in [2.24, 2.45) is 0 Å². The minimum absolute atomic E-state index is 0.0540. The summed E-state index contributed by atoms with van der Waals surface area (Å²) in [5.74, 6) is 0. The molecule has 0 unspecified atom stereocenters. The fourth-order valence-electron chi connectivity index (χ4n) is 3.35. The van der Waals surface area contributed by atoms with Gasteiger partial charge in [-0.1, -0.05) is 60.7 Å². The molecule has 0 aromatic heterocycles. The van der Waals surface area contributed by atoms with Crippen molar-refractivity contribution in [1.29, 1.82) is 0 Å². The Kier molecular flexibility index (Phi) is 3.07. The first-order valence-electron chi connectivity index (χ1n) is 7.40. The van der Waals surface area contributed by atoms with Crippen LogP contribution in [0.5, 0.6) is 0 Å². The maximum Gasteiger partial charge on any atom is 0.0691 e. The van der Waals surface area contributed by atoms with Gasteiger partial charge in [-0.25, -0.2) is 0 Å². The molecule has 0 aliphatic heterocycles. The minimum Gasteiger partial charge on any atom is -0.392 e. The van der Waals surface area contributed by atoms with Crippen LogP contribution in [0.1, 0.15) is 11.1 Å². The van der Waals surface area contributed by atoms with Crippen molar-refractivity contribution < 1.29 is 10.2 Å². The van der Waals surface area contributed by atoms with Crippen molar-refractivity contribution in [1.82, 2.24) is 0 Å². The second kappa shape index (κ2) is 5.09. The predicted molar refractivity (Wildman–Crippen MR) is 90.8 cm³/mol. The molecular weight excluding hydrogens is 272 g/mol. The molecule has 2 N–H and O–H groups in total. The van der Waals surface area contributed by atoms with E-state index >= 15 is 0 Å². The van der Waals surface area contributed by atoms with Gasteiger partial charge in [0.15, 0.2) is 0 Å². The number of hydrogen-bond donors (Lipinski definition) is 2. The molecular formula is C20H16O2. The summed E-state index contributed by atoms with van der Waals surface area (Å²) in [6, 6.07) is 20.7. The van der Waals surface area contributed by atoms with Crippen LogP contribution in [0.25, 0.3) is 32.3 Å². The smallest absolute Gasteiger partial charge is 0.0691 e. The zero-order chi connectivity index (χ0) is 15.1. The molecule has 0 radical (unpaired) electrons. The summed E-state index contributed by atoms with van der Waals surface area (Å²) in [6.07, 6.45) is 0. The molecule has 0 bridgehead atoms. The highest BCUT2D eigenvalue weighted by Crippen LogP contribution is 2.33. The number of aliphatic hydroxyl groups is 2. The lowest BCUT2D eigenvalue weighted by molar-refractivity contribution is 0.261. The quantitative estimate of drug-likeness (QED) is 0.544. The first-order valence-corrected chi connectivity index (χ1v) is 7.40. The molecule has 0 fully saturated rings. The third kappa shape index (κ3) is 1.82. The molecule has 0 heterocycles. The molecule has 2 heteroatoms. The SMILES string of the molecule is OCc1ccc2c(ccc3c4ccccc4ccc23)c1CO. The number of fused-ring (bicyclic) bond motifs is 5. The van der Waals surface area contributed by atoms with E-state index in [0.717, 1.165) is 21.9 Å². The molecule has 0 spiro atoms. The number of aliphatic hydroxyl groups excluding tert-OH is 2. The summed E-state index contributed by atoms with van der Waals surface area (Å²) in [5.41, 5.74) is 1.60. The Morgan fingerprint density at radius 1 is 0.545 bits per heavy atom. The molecule has 0 aliphatic carbocycles. The molecule has 0 saturated carbocycles. The van der Waals surface area contributed by atoms with E-state index in [1.165, 1.54) is 21.5 Å². The average Bonchev–Trinajstić information content (AvgIpc) is 2.59. The van der Waals surface area contributed by atoms with Crippen molar-refractivity contribution in [2.45, 2.75) is 13.2 Å². The van der Waals surface area contributed by atoms with Crippen LogP contribution in [-0.4, -0.2) is 10.2 Å². The van der Waals surface area contributed by atoms with E-state index < -0.39 is 0 Å². The Balaban J connectivity index is 2.18. The van der Waals surface area contributed by atoms with Gasteiger partial charge in [-0.3, -0.25) is 0 Å². The second-order valence-electron chi connectivity index (χ2n) is 5.56. The van der Waals surface area contributed by atoms with Gasteiger partial charge in [0.25, 0.3) is 0 Å². The van der Waals surface area contributed by atoms with E-state index in [2.05, 4.69) is 42.5 Å². The van der Waals surface area contributed by atoms with Crippen molar-refractivity contribution in [3.05, 3.63) is 71.8 Å². The zero-order valence-corrected chi connectivity index (χ0v) is 12.1. The molecule has 4 aromatic rings. The largest absolute Gasteiger partial charge is 0.392 e. The van der Waals surface area contributed by atoms with Gasteiger partial charge in [-0.2, -0.15) is 0 Å². The number of rotatable bonds is 2. The molecule has 2 nitrogen and oxygen atoms in total. The first-order chi connectivity index (χ1) is 10.8. The van der Waals surface area contributed by atoms with E-state index in [0.29, 0.717) is 0 Å². The molecule has 0 amide bonds. The van der Waals surface area contributed by atoms with E-state index in [1.54, 1.807) is 0 Å². The van der Waals surface area contributed by atoms with Crippen LogP contribution in [0, 0.1) is 0 Å². The third-order valence-corrected chi connectivity index (χ3v) is 4.46. The standard InChI is InChI=1S/C20H16O2/c21-11-14-6-8-18-17-7-5-13-3-1-2-4-15(13)16(17)9-10-19(18)20(14)12-22/h1-10,21-22H,11-12H2. The second-order valence-corrected chi connectivity index (χ2v) is 5.56. The summed E-state index contributed by atoms with van der Waals surface area (Å²) in [4.78, 5) is 0. The van der Waals surface area contributed by atoms with Gasteiger partial charge in [-0.05, 0) is 43.4 Å². The van der Waals surface area contributed by atoms with Gasteiger partial charge in [0, 0.05) is 0 Å². The topological polar surface area (TPSA) is 40.5 Å². The normalized spacial score (nSPS) is 11.5. The number of benzene rings is 4. The lowest BCUT2D eigenvalue weighted by Gasteiger charge is -2.12. The summed E-state index contributed by atoms with van der Waals surface area (Å²) in [7, 11) is 0. The zero-order valence-electron chi connectivity index (χ0n) is 12.1. The summed E-state index contributed by atoms with van der Waals surface area (Å²) >= 11 is 0. The van der Waals surface area contributed by atoms with Crippen molar-refractivity contribution >= 4 is 32.3 Å². The summed E-state index contributed by atoms with van der Waals surface area (Å²) < 4.78 is 0. The van der Waals surface area contributed by atoms with E-state index in [4.69, 9.17) is 0 Å². The highest BCUT2D eigenvalue weighted by atomic mass is 16.3. The van der Waals surface area contributed by atoms with E-state index in [1.807, 2.05) is 18.2 Å². The maximum absolute atomic E-state index is 9.68. The Bertz CT molecular complexity index is 1000. The third-order valence-electron chi connectivity index (χ3n) is 4.46. The highest BCUT2D eigenvalue weighted by molar-refractivity contribution is 6.17. The molecule has 4 aromatic carbocycles. The van der Waals surface area contributed by atoms with Gasteiger partial charge >= 0.3 is 0 Å². The maximum atomic E-state index is 9.68. The Hall–Kier alpha value is -2.42. The molecule has 0 atom stereocenters. The molecule has 0 aliphatic rings. The van der Waals surface area contributed by atoms with Crippen LogP contribution in [-0.2, 0) is 13.2 Å². The molecule has 4 rings (SSSR count). The fourth-order valence-corrected chi connectivity index (χ4v) is 3.35. The Morgan fingerprint density at radius 2 is 1.18 bits per heavy atom. The van der Waals surface area contributed by atoms with Gasteiger partial charge in [0.2, 0.25) is 0 Å². The predicted octanol–water partition coefficient (Wildman–Crippen LogP) is 4.13. The van der Waals surface area contributed by atoms with Crippen molar-refractivity contribution in [3.63, 3.8) is 0 Å². The van der Waals surface area contributed by atoms with Gasteiger partial charge in [0.1, 0.15) is 0 Å². The monoisotopic (exact) mass is 288 g/mol. The number of hydrogen-bond acceptors (Lipinski definition) is 2. The first kappa shape index (κ1) is 13.3. The summed E-state index contributed by atoms with van der Waals surface area (Å²) in [5, 5.41) is 26.1. The van der Waals surface area contributed by atoms with Gasteiger partial charge in [0.05, 0.1) is 13.2 Å². The van der Waals surface area contributed by atoms with Crippen LogP contribution in [0.15, 0.2) is 60.7 Å². The Morgan fingerprint density at radius 3 is 2.00 bits per heavy atom. The van der Waals surface area contributed by atoms with Crippen molar-refractivity contribution in [3.8, 4) is 0 Å². The van der Waals surface area contributed by atoms with Crippen LogP contribution in [0.2, 0.25) is 0 Å². The van der Waals surface area contributed by atoms with Crippen LogP contribution in [0.3, 0.4) is 0 Å². The fraction of sp³-hybridized carbons (Fsp3) is 0.100. The minimum atomic E-state index is -0.0632. The highest BCUT2D eigenvalue weighted by Gasteiger charge is 2.10. The van der Waals surface area contributed by atoms with Crippen LogP contribution in [0.4, 0.5) is 0 Å². The molecule has 108 valence electrons. The Labute approximate surface area is 128 Å². The van der Waals surface area contributed by atoms with Crippen LogP contribution < -0.4 is 0 Å². The van der Waals surface area contributed by atoms with Gasteiger partial charge in [-0.15, -0.1) is 0 Å².